The first-order valence-electron chi connectivity index (χ1n) is 9.31. The lowest BCUT2D eigenvalue weighted by molar-refractivity contribution is -0.119. The third-order valence-corrected chi connectivity index (χ3v) is 6.64. The minimum Gasteiger partial charge on any atom is -0.300 e. The van der Waals surface area contributed by atoms with Gasteiger partial charge < -0.3 is 0 Å². The van der Waals surface area contributed by atoms with Crippen molar-refractivity contribution in [1.29, 1.82) is 0 Å². The van der Waals surface area contributed by atoms with Crippen molar-refractivity contribution in [3.63, 3.8) is 0 Å². The van der Waals surface area contributed by atoms with E-state index >= 15 is 0 Å². The third-order valence-electron chi connectivity index (χ3n) is 4.99. The highest BCUT2D eigenvalue weighted by atomic mass is 35.5. The summed E-state index contributed by atoms with van der Waals surface area (Å²) in [5.41, 5.74) is 3.35. The van der Waals surface area contributed by atoms with E-state index in [9.17, 15) is 9.59 Å². The Kier molecular flexibility index (Phi) is 5.19. The molecule has 1 atom stereocenters. The van der Waals surface area contributed by atoms with Crippen molar-refractivity contribution in [3.8, 4) is 5.00 Å². The number of aliphatic imine (C=N–C) groups is 1. The number of thiophene rings is 1. The molecule has 8 heteroatoms. The van der Waals surface area contributed by atoms with Crippen LogP contribution in [-0.4, -0.2) is 32.0 Å². The van der Waals surface area contributed by atoms with E-state index in [2.05, 4.69) is 10.2 Å². The fourth-order valence-corrected chi connectivity index (χ4v) is 4.82. The highest BCUT2D eigenvalue weighted by molar-refractivity contribution is 7.17. The summed E-state index contributed by atoms with van der Waals surface area (Å²) in [5.74, 6) is 0.715. The van der Waals surface area contributed by atoms with E-state index in [1.807, 2.05) is 42.7 Å². The van der Waals surface area contributed by atoms with Crippen molar-refractivity contribution in [2.45, 2.75) is 39.7 Å². The highest BCUT2D eigenvalue weighted by Gasteiger charge is 2.32. The molecular weight excluding hydrogens is 408 g/mol. The van der Waals surface area contributed by atoms with Crippen LogP contribution in [0.15, 0.2) is 35.6 Å². The molecule has 0 N–H and O–H groups in total. The molecule has 3 heterocycles. The van der Waals surface area contributed by atoms with Gasteiger partial charge in [-0.2, -0.15) is 0 Å². The first kappa shape index (κ1) is 19.7. The number of carbonyl (C=O) groups is 2. The number of hydrogen-bond acceptors (Lipinski definition) is 6. The Morgan fingerprint density at radius 1 is 1.24 bits per heavy atom. The summed E-state index contributed by atoms with van der Waals surface area (Å²) < 4.78 is 1.86. The standard InChI is InChI=1S/C21H19ClN4O2S/c1-4-15(28)9-16-20-25-23-10-26(20)21-17(11(2)19(29-21)12(3)27)18(24-16)13-5-7-14(22)8-6-13/h5-8,10,16H,4,9H2,1-3H3/t16-/m0/s1. The Hall–Kier alpha value is -2.64. The molecule has 0 saturated carbocycles. The van der Waals surface area contributed by atoms with Crippen LogP contribution in [0.5, 0.6) is 0 Å². The second kappa shape index (κ2) is 7.65. The Bertz CT molecular complexity index is 1140. The average molecular weight is 427 g/mol. The Labute approximate surface area is 177 Å². The second-order valence-electron chi connectivity index (χ2n) is 6.95. The molecule has 1 aromatic carbocycles. The van der Waals surface area contributed by atoms with E-state index in [0.717, 1.165) is 27.4 Å². The van der Waals surface area contributed by atoms with Gasteiger partial charge in [0.2, 0.25) is 0 Å². The zero-order valence-corrected chi connectivity index (χ0v) is 17.8. The van der Waals surface area contributed by atoms with Crippen LogP contribution in [0, 0.1) is 6.92 Å². The Morgan fingerprint density at radius 3 is 2.62 bits per heavy atom. The number of Topliss-reactive ketones (excluding diaryl/α,β-unsaturated/α-hetero) is 2. The summed E-state index contributed by atoms with van der Waals surface area (Å²) in [6.07, 6.45) is 2.31. The number of carbonyl (C=O) groups excluding carboxylic acids is 2. The lowest BCUT2D eigenvalue weighted by Crippen LogP contribution is -2.10. The highest BCUT2D eigenvalue weighted by Crippen LogP contribution is 2.39. The van der Waals surface area contributed by atoms with Gasteiger partial charge in [-0.25, -0.2) is 0 Å². The maximum atomic E-state index is 12.2. The predicted octanol–water partition coefficient (Wildman–Crippen LogP) is 4.75. The van der Waals surface area contributed by atoms with Crippen LogP contribution >= 0.6 is 22.9 Å². The van der Waals surface area contributed by atoms with E-state index in [4.69, 9.17) is 16.6 Å². The van der Waals surface area contributed by atoms with Crippen LogP contribution in [0.25, 0.3) is 5.00 Å². The minimum absolute atomic E-state index is 0.00312. The third kappa shape index (κ3) is 3.45. The number of aromatic nitrogens is 3. The molecule has 2 aromatic heterocycles. The maximum absolute atomic E-state index is 12.2. The molecule has 29 heavy (non-hydrogen) atoms. The largest absolute Gasteiger partial charge is 0.300 e. The van der Waals surface area contributed by atoms with Gasteiger partial charge in [0, 0.05) is 29.0 Å². The van der Waals surface area contributed by atoms with Gasteiger partial charge in [-0.05, 0) is 31.5 Å². The second-order valence-corrected chi connectivity index (χ2v) is 8.38. The Morgan fingerprint density at radius 2 is 1.97 bits per heavy atom. The van der Waals surface area contributed by atoms with Gasteiger partial charge in [-0.15, -0.1) is 21.5 Å². The SMILES string of the molecule is CCC(=O)C[C@@H]1N=C(c2ccc(Cl)cc2)c2c(sc(C(C)=O)c2C)-n2cnnc21. The molecule has 4 rings (SSSR count). The summed E-state index contributed by atoms with van der Waals surface area (Å²) >= 11 is 7.48. The molecule has 0 aliphatic carbocycles. The monoisotopic (exact) mass is 426 g/mol. The fraction of sp³-hybridized carbons (Fsp3) is 0.286. The number of ketones is 2. The van der Waals surface area contributed by atoms with E-state index in [0.29, 0.717) is 22.1 Å². The number of benzene rings is 1. The first-order valence-corrected chi connectivity index (χ1v) is 10.5. The predicted molar refractivity (Wildman–Crippen MR) is 114 cm³/mol. The molecule has 148 valence electrons. The van der Waals surface area contributed by atoms with Crippen molar-refractivity contribution in [2.75, 3.05) is 0 Å². The summed E-state index contributed by atoms with van der Waals surface area (Å²) in [4.78, 5) is 30.1. The van der Waals surface area contributed by atoms with Crippen molar-refractivity contribution >= 4 is 40.2 Å². The van der Waals surface area contributed by atoms with Crippen LogP contribution in [0.1, 0.15) is 64.9 Å². The normalized spacial score (nSPS) is 15.3. The number of nitrogens with zero attached hydrogens (tertiary/aromatic N) is 4. The van der Waals surface area contributed by atoms with Gasteiger partial charge in [0.25, 0.3) is 0 Å². The molecule has 0 bridgehead atoms. The van der Waals surface area contributed by atoms with Gasteiger partial charge in [-0.1, -0.05) is 30.7 Å². The number of halogens is 1. The average Bonchev–Trinajstić information content (AvgIpc) is 3.27. The molecule has 0 fully saturated rings. The van der Waals surface area contributed by atoms with Crippen LogP contribution in [0.3, 0.4) is 0 Å². The molecule has 0 unspecified atom stereocenters. The molecule has 1 aliphatic rings. The lowest BCUT2D eigenvalue weighted by atomic mass is 9.99. The summed E-state index contributed by atoms with van der Waals surface area (Å²) in [6.45, 7) is 5.33. The van der Waals surface area contributed by atoms with Gasteiger partial charge in [0.05, 0.1) is 10.6 Å². The van der Waals surface area contributed by atoms with Crippen molar-refractivity contribution < 1.29 is 9.59 Å². The lowest BCUT2D eigenvalue weighted by Gasteiger charge is -2.11. The zero-order valence-electron chi connectivity index (χ0n) is 16.3. The van der Waals surface area contributed by atoms with Gasteiger partial charge >= 0.3 is 0 Å². The number of rotatable bonds is 5. The van der Waals surface area contributed by atoms with Crippen molar-refractivity contribution in [3.05, 3.63) is 63.0 Å². The van der Waals surface area contributed by atoms with Gasteiger partial charge in [0.15, 0.2) is 11.6 Å². The minimum atomic E-state index is -0.449. The summed E-state index contributed by atoms with van der Waals surface area (Å²) in [7, 11) is 0. The summed E-state index contributed by atoms with van der Waals surface area (Å²) in [6, 6.07) is 6.98. The molecule has 0 spiro atoms. The van der Waals surface area contributed by atoms with Gasteiger partial charge in [0.1, 0.15) is 23.2 Å². The van der Waals surface area contributed by atoms with Gasteiger partial charge in [-0.3, -0.25) is 19.1 Å². The van der Waals surface area contributed by atoms with Crippen molar-refractivity contribution in [1.82, 2.24) is 14.8 Å². The molecule has 3 aromatic rings. The quantitative estimate of drug-likeness (QED) is 0.551. The number of hydrogen-bond donors (Lipinski definition) is 0. The topological polar surface area (TPSA) is 77.2 Å². The molecule has 6 nitrogen and oxygen atoms in total. The molecule has 1 aliphatic heterocycles. The molecule has 0 radical (unpaired) electrons. The molecule has 0 saturated heterocycles. The molecular formula is C21H19ClN4O2S. The van der Waals surface area contributed by atoms with E-state index in [1.54, 1.807) is 13.3 Å². The van der Waals surface area contributed by atoms with Crippen LogP contribution in [0.4, 0.5) is 0 Å². The van der Waals surface area contributed by atoms with E-state index in [1.165, 1.54) is 11.3 Å². The smallest absolute Gasteiger partial charge is 0.170 e. The Balaban J connectivity index is 2.00. The van der Waals surface area contributed by atoms with Crippen molar-refractivity contribution in [2.24, 2.45) is 4.99 Å². The maximum Gasteiger partial charge on any atom is 0.170 e. The fourth-order valence-electron chi connectivity index (χ4n) is 3.51. The number of fused-ring (bicyclic) bond motifs is 3. The van der Waals surface area contributed by atoms with Crippen LogP contribution in [-0.2, 0) is 4.79 Å². The van der Waals surface area contributed by atoms with E-state index < -0.39 is 6.04 Å². The van der Waals surface area contributed by atoms with Crippen LogP contribution < -0.4 is 0 Å². The zero-order chi connectivity index (χ0) is 20.7. The summed E-state index contributed by atoms with van der Waals surface area (Å²) in [5, 5.41) is 9.79. The molecule has 0 amide bonds. The van der Waals surface area contributed by atoms with Crippen LogP contribution in [0.2, 0.25) is 5.02 Å². The first-order chi connectivity index (χ1) is 13.9. The van der Waals surface area contributed by atoms with E-state index in [-0.39, 0.29) is 18.0 Å².